The normalized spacial score (nSPS) is 11.4. The van der Waals surface area contributed by atoms with Gasteiger partial charge >= 0.3 is 6.18 Å². The van der Waals surface area contributed by atoms with Gasteiger partial charge in [0.15, 0.2) is 0 Å². The number of nitrogens with zero attached hydrogens (tertiary/aromatic N) is 1. The third kappa shape index (κ3) is 3.70. The van der Waals surface area contributed by atoms with Crippen LogP contribution < -0.4 is 10.9 Å². The first-order valence-corrected chi connectivity index (χ1v) is 8.36. The molecule has 3 rings (SSSR count). The lowest BCUT2D eigenvalue weighted by Crippen LogP contribution is -2.41. The first-order valence-electron chi connectivity index (χ1n) is 7.54. The lowest BCUT2D eigenvalue weighted by molar-refractivity contribution is -0.140. The molecule has 0 saturated heterocycles. The molecule has 3 aromatic rings. The van der Waals surface area contributed by atoms with E-state index < -0.39 is 23.7 Å². The van der Waals surface area contributed by atoms with Crippen LogP contribution in [0.25, 0.3) is 10.2 Å². The Bertz CT molecular complexity index is 1050. The molecule has 0 fully saturated rings. The number of alkyl halides is 3. The van der Waals surface area contributed by atoms with Crippen molar-refractivity contribution in [3.05, 3.63) is 58.1 Å². The predicted octanol–water partition coefficient (Wildman–Crippen LogP) is 3.40. The first-order chi connectivity index (χ1) is 12.7. The van der Waals surface area contributed by atoms with Gasteiger partial charge in [-0.25, -0.2) is 4.98 Å². The van der Waals surface area contributed by atoms with Crippen LogP contribution in [0.2, 0.25) is 0 Å². The van der Waals surface area contributed by atoms with E-state index in [2.05, 4.69) is 15.8 Å². The van der Waals surface area contributed by atoms with Gasteiger partial charge in [0.25, 0.3) is 11.8 Å². The van der Waals surface area contributed by atoms with E-state index in [0.29, 0.717) is 10.9 Å². The van der Waals surface area contributed by atoms with E-state index in [4.69, 9.17) is 0 Å². The monoisotopic (exact) mass is 395 g/mol. The van der Waals surface area contributed by atoms with E-state index in [0.717, 1.165) is 17.4 Å². The molecule has 2 heterocycles. The molecule has 2 aromatic heterocycles. The number of para-hydroxylation sites is 1. The number of benzene rings is 1. The maximum atomic E-state index is 12.8. The molecule has 6 nitrogen and oxygen atoms in total. The Morgan fingerprint density at radius 2 is 1.74 bits per heavy atom. The van der Waals surface area contributed by atoms with E-state index in [1.54, 1.807) is 6.92 Å². The number of fused-ring (bicyclic) bond motifs is 1. The second kappa shape index (κ2) is 6.88. The van der Waals surface area contributed by atoms with Crippen molar-refractivity contribution in [3.8, 4) is 5.75 Å². The van der Waals surface area contributed by atoms with Gasteiger partial charge in [0.05, 0.1) is 10.4 Å². The standard InChI is InChI=1S/C17H12F3N3O3S/c1-8-9-6-7-12(17(18,19)20)21-16(9)27-13(8)15(26)23-22-14(25)10-4-2-3-5-11(10)24/h2-7,24H,1H3,(H,22,25)(H,23,26). The van der Waals surface area contributed by atoms with Crippen molar-refractivity contribution in [3.63, 3.8) is 0 Å². The molecule has 0 bridgehead atoms. The summed E-state index contributed by atoms with van der Waals surface area (Å²) in [5.41, 5.74) is 3.70. The molecule has 0 aliphatic carbocycles. The molecular formula is C17H12F3N3O3S. The van der Waals surface area contributed by atoms with Crippen LogP contribution in [0.1, 0.15) is 31.3 Å². The number of thiophene rings is 1. The largest absolute Gasteiger partial charge is 0.507 e. The molecule has 27 heavy (non-hydrogen) atoms. The maximum absolute atomic E-state index is 12.8. The second-order valence-electron chi connectivity index (χ2n) is 5.53. The molecule has 0 radical (unpaired) electrons. The summed E-state index contributed by atoms with van der Waals surface area (Å²) in [5, 5.41) is 10.0. The molecule has 0 saturated carbocycles. The third-order valence-corrected chi connectivity index (χ3v) is 4.94. The molecule has 0 aliphatic rings. The van der Waals surface area contributed by atoms with Gasteiger partial charge in [-0.1, -0.05) is 12.1 Å². The fourth-order valence-electron chi connectivity index (χ4n) is 2.38. The molecule has 0 atom stereocenters. The van der Waals surface area contributed by atoms with E-state index >= 15 is 0 Å². The second-order valence-corrected chi connectivity index (χ2v) is 6.53. The Morgan fingerprint density at radius 3 is 2.41 bits per heavy atom. The van der Waals surface area contributed by atoms with E-state index in [9.17, 15) is 27.9 Å². The van der Waals surface area contributed by atoms with Crippen LogP contribution in [0, 0.1) is 6.92 Å². The Balaban J connectivity index is 1.80. The van der Waals surface area contributed by atoms with Gasteiger partial charge in [-0.3, -0.25) is 20.4 Å². The summed E-state index contributed by atoms with van der Waals surface area (Å²) in [4.78, 5) is 28.1. The third-order valence-electron chi connectivity index (χ3n) is 3.74. The molecule has 0 aliphatic heterocycles. The summed E-state index contributed by atoms with van der Waals surface area (Å²) in [6, 6.07) is 7.86. The summed E-state index contributed by atoms with van der Waals surface area (Å²) < 4.78 is 38.3. The summed E-state index contributed by atoms with van der Waals surface area (Å²) in [7, 11) is 0. The number of aromatic hydroxyl groups is 1. The molecule has 140 valence electrons. The fraction of sp³-hybridized carbons (Fsp3) is 0.118. The van der Waals surface area contributed by atoms with Crippen LogP contribution in [-0.2, 0) is 6.18 Å². The summed E-state index contributed by atoms with van der Waals surface area (Å²) in [6.45, 7) is 1.58. The number of carbonyl (C=O) groups is 2. The number of halogens is 3. The number of aryl methyl sites for hydroxylation is 1. The lowest BCUT2D eigenvalue weighted by atomic mass is 10.2. The number of hydrogen-bond donors (Lipinski definition) is 3. The minimum absolute atomic E-state index is 0.0395. The molecule has 2 amide bonds. The van der Waals surface area contributed by atoms with Crippen molar-refractivity contribution in [1.29, 1.82) is 0 Å². The number of hydrazine groups is 1. The number of pyridine rings is 1. The average Bonchev–Trinajstić information content (AvgIpc) is 2.95. The highest BCUT2D eigenvalue weighted by molar-refractivity contribution is 7.20. The highest BCUT2D eigenvalue weighted by atomic mass is 32.1. The number of phenolic OH excluding ortho intramolecular Hbond substituents is 1. The first kappa shape index (κ1) is 18.6. The summed E-state index contributed by atoms with van der Waals surface area (Å²) in [6.07, 6.45) is -4.58. The number of carbonyl (C=O) groups excluding carboxylic acids is 2. The Labute approximate surface area is 154 Å². The molecule has 1 aromatic carbocycles. The van der Waals surface area contributed by atoms with Gasteiger partial charge in [-0.2, -0.15) is 13.2 Å². The average molecular weight is 395 g/mol. The van der Waals surface area contributed by atoms with Crippen LogP contribution in [-0.4, -0.2) is 21.9 Å². The van der Waals surface area contributed by atoms with Gasteiger partial charge < -0.3 is 5.11 Å². The lowest BCUT2D eigenvalue weighted by Gasteiger charge is -2.08. The molecule has 0 unspecified atom stereocenters. The van der Waals surface area contributed by atoms with Gasteiger partial charge in [0, 0.05) is 5.39 Å². The van der Waals surface area contributed by atoms with Crippen molar-refractivity contribution in [2.24, 2.45) is 0 Å². The van der Waals surface area contributed by atoms with E-state index in [1.807, 2.05) is 0 Å². The smallest absolute Gasteiger partial charge is 0.433 e. The molecule has 3 N–H and O–H groups in total. The van der Waals surface area contributed by atoms with Gasteiger partial charge in [-0.05, 0) is 36.8 Å². The number of phenols is 1. The Morgan fingerprint density at radius 1 is 1.07 bits per heavy atom. The minimum atomic E-state index is -4.58. The molecule has 0 spiro atoms. The number of amides is 2. The summed E-state index contributed by atoms with van der Waals surface area (Å²) >= 11 is 0.789. The van der Waals surface area contributed by atoms with Crippen molar-refractivity contribution in [1.82, 2.24) is 15.8 Å². The van der Waals surface area contributed by atoms with Crippen LogP contribution >= 0.6 is 11.3 Å². The number of rotatable bonds is 2. The van der Waals surface area contributed by atoms with Crippen molar-refractivity contribution >= 4 is 33.4 Å². The Hall–Kier alpha value is -3.14. The van der Waals surface area contributed by atoms with E-state index in [1.165, 1.54) is 30.3 Å². The predicted molar refractivity (Wildman–Crippen MR) is 92.4 cm³/mol. The van der Waals surface area contributed by atoms with Crippen LogP contribution in [0.5, 0.6) is 5.75 Å². The van der Waals surface area contributed by atoms with Crippen molar-refractivity contribution in [2.75, 3.05) is 0 Å². The highest BCUT2D eigenvalue weighted by Gasteiger charge is 2.33. The molecule has 10 heteroatoms. The van der Waals surface area contributed by atoms with Gasteiger partial charge in [0.1, 0.15) is 16.3 Å². The SMILES string of the molecule is Cc1c(C(=O)NNC(=O)c2ccccc2O)sc2nc(C(F)(F)F)ccc12. The highest BCUT2D eigenvalue weighted by Crippen LogP contribution is 2.34. The number of aromatic nitrogens is 1. The fourth-order valence-corrected chi connectivity index (χ4v) is 3.45. The van der Waals surface area contributed by atoms with Crippen molar-refractivity contribution in [2.45, 2.75) is 13.1 Å². The minimum Gasteiger partial charge on any atom is -0.507 e. The topological polar surface area (TPSA) is 91.3 Å². The van der Waals surface area contributed by atoms with Crippen LogP contribution in [0.3, 0.4) is 0 Å². The van der Waals surface area contributed by atoms with Crippen LogP contribution in [0.4, 0.5) is 13.2 Å². The zero-order valence-electron chi connectivity index (χ0n) is 13.7. The summed E-state index contributed by atoms with van der Waals surface area (Å²) in [5.74, 6) is -1.70. The van der Waals surface area contributed by atoms with E-state index in [-0.39, 0.29) is 21.0 Å². The zero-order valence-corrected chi connectivity index (χ0v) is 14.5. The van der Waals surface area contributed by atoms with Crippen molar-refractivity contribution < 1.29 is 27.9 Å². The van der Waals surface area contributed by atoms with Gasteiger partial charge in [-0.15, -0.1) is 11.3 Å². The Kier molecular flexibility index (Phi) is 4.75. The zero-order chi connectivity index (χ0) is 19.8. The number of nitrogens with one attached hydrogen (secondary N) is 2. The maximum Gasteiger partial charge on any atom is 0.433 e. The number of hydrogen-bond acceptors (Lipinski definition) is 5. The quantitative estimate of drug-likeness (QED) is 0.580. The molecular weight excluding hydrogens is 383 g/mol. The van der Waals surface area contributed by atoms with Crippen LogP contribution in [0.15, 0.2) is 36.4 Å². The van der Waals surface area contributed by atoms with Gasteiger partial charge in [0.2, 0.25) is 0 Å².